The van der Waals surface area contributed by atoms with Crippen LogP contribution in [0.2, 0.25) is 0 Å². The van der Waals surface area contributed by atoms with E-state index >= 15 is 0 Å². The average Bonchev–Trinajstić information content (AvgIpc) is 2.67. The van der Waals surface area contributed by atoms with Gasteiger partial charge in [0.1, 0.15) is 5.75 Å². The number of rotatable bonds is 5. The van der Waals surface area contributed by atoms with Crippen LogP contribution in [0.4, 0.5) is 8.78 Å². The van der Waals surface area contributed by atoms with Crippen LogP contribution >= 0.6 is 0 Å². The number of carbonyl (C=O) groups is 2. The van der Waals surface area contributed by atoms with Crippen molar-refractivity contribution in [3.05, 3.63) is 65.7 Å². The zero-order valence-corrected chi connectivity index (χ0v) is 14.5. The van der Waals surface area contributed by atoms with Crippen molar-refractivity contribution in [3.8, 4) is 5.75 Å². The zero-order valence-electron chi connectivity index (χ0n) is 14.5. The lowest BCUT2D eigenvalue weighted by Gasteiger charge is -2.39. The van der Waals surface area contributed by atoms with E-state index in [0.29, 0.717) is 0 Å². The SMILES string of the molecule is O=C(c1cccc(OC(F)F)c1)N1CCC(C(=O)O)(c2ccccc2)CC1. The van der Waals surface area contributed by atoms with E-state index in [2.05, 4.69) is 4.74 Å². The molecule has 0 atom stereocenters. The van der Waals surface area contributed by atoms with Gasteiger partial charge >= 0.3 is 12.6 Å². The van der Waals surface area contributed by atoms with Crippen LogP contribution in [-0.4, -0.2) is 41.6 Å². The van der Waals surface area contributed by atoms with Crippen LogP contribution in [0.3, 0.4) is 0 Å². The Morgan fingerprint density at radius 2 is 1.70 bits per heavy atom. The van der Waals surface area contributed by atoms with E-state index in [1.165, 1.54) is 24.3 Å². The maximum atomic E-state index is 12.7. The van der Waals surface area contributed by atoms with Gasteiger partial charge in [0.05, 0.1) is 5.41 Å². The number of hydrogen-bond donors (Lipinski definition) is 1. The predicted molar refractivity (Wildman–Crippen MR) is 94.0 cm³/mol. The van der Waals surface area contributed by atoms with E-state index in [9.17, 15) is 23.5 Å². The molecule has 1 heterocycles. The number of carbonyl (C=O) groups excluding carboxylic acids is 1. The molecule has 0 aromatic heterocycles. The highest BCUT2D eigenvalue weighted by Crippen LogP contribution is 2.36. The fourth-order valence-electron chi connectivity index (χ4n) is 3.46. The first-order valence-electron chi connectivity index (χ1n) is 8.55. The number of piperidine rings is 1. The van der Waals surface area contributed by atoms with Crippen LogP contribution in [0.25, 0.3) is 0 Å². The van der Waals surface area contributed by atoms with E-state index in [1.807, 2.05) is 6.07 Å². The van der Waals surface area contributed by atoms with Gasteiger partial charge in [-0.15, -0.1) is 0 Å². The highest BCUT2D eigenvalue weighted by Gasteiger charge is 2.43. The predicted octanol–water partition coefficient (Wildman–Crippen LogP) is 3.55. The van der Waals surface area contributed by atoms with Crippen LogP contribution in [0.1, 0.15) is 28.8 Å². The summed E-state index contributed by atoms with van der Waals surface area (Å²) in [4.78, 5) is 26.2. The average molecular weight is 375 g/mol. The fraction of sp³-hybridized carbons (Fsp3) is 0.300. The topological polar surface area (TPSA) is 66.8 Å². The quantitative estimate of drug-likeness (QED) is 0.868. The number of benzene rings is 2. The molecule has 1 N–H and O–H groups in total. The van der Waals surface area contributed by atoms with E-state index in [1.54, 1.807) is 29.2 Å². The Kier molecular flexibility index (Phi) is 5.39. The van der Waals surface area contributed by atoms with E-state index < -0.39 is 18.0 Å². The third-order valence-corrected chi connectivity index (χ3v) is 4.95. The molecule has 1 aliphatic rings. The smallest absolute Gasteiger partial charge is 0.387 e. The van der Waals surface area contributed by atoms with Crippen molar-refractivity contribution in [2.75, 3.05) is 13.1 Å². The number of carboxylic acid groups (broad SMARTS) is 1. The van der Waals surface area contributed by atoms with Gasteiger partial charge in [-0.2, -0.15) is 8.78 Å². The van der Waals surface area contributed by atoms with E-state index in [-0.39, 0.29) is 43.2 Å². The first-order chi connectivity index (χ1) is 12.9. The lowest BCUT2D eigenvalue weighted by Crippen LogP contribution is -2.49. The van der Waals surface area contributed by atoms with Gasteiger partial charge in [0.15, 0.2) is 0 Å². The van der Waals surface area contributed by atoms with Crippen LogP contribution < -0.4 is 4.74 Å². The number of aliphatic carboxylic acids is 1. The number of ether oxygens (including phenoxy) is 1. The number of halogens is 2. The molecule has 0 radical (unpaired) electrons. The minimum Gasteiger partial charge on any atom is -0.481 e. The lowest BCUT2D eigenvalue weighted by atomic mass is 9.73. The van der Waals surface area contributed by atoms with Gasteiger partial charge in [-0.3, -0.25) is 9.59 Å². The Balaban J connectivity index is 1.75. The number of nitrogens with zero attached hydrogens (tertiary/aromatic N) is 1. The molecule has 0 saturated carbocycles. The second-order valence-corrected chi connectivity index (χ2v) is 6.45. The second kappa shape index (κ2) is 7.73. The Bertz CT molecular complexity index is 818. The monoisotopic (exact) mass is 375 g/mol. The van der Waals surface area contributed by atoms with Crippen molar-refractivity contribution in [1.29, 1.82) is 0 Å². The minimum atomic E-state index is -2.97. The molecule has 0 aliphatic carbocycles. The maximum absolute atomic E-state index is 12.7. The lowest BCUT2D eigenvalue weighted by molar-refractivity contribution is -0.145. The number of hydrogen-bond acceptors (Lipinski definition) is 3. The molecule has 2 aromatic carbocycles. The summed E-state index contributed by atoms with van der Waals surface area (Å²) in [6.07, 6.45) is 0.566. The number of alkyl halides is 2. The summed E-state index contributed by atoms with van der Waals surface area (Å²) in [5, 5.41) is 9.81. The summed E-state index contributed by atoms with van der Waals surface area (Å²) in [5.41, 5.74) is -0.0776. The number of amides is 1. The van der Waals surface area contributed by atoms with Gasteiger partial charge in [0, 0.05) is 18.7 Å². The molecule has 1 amide bonds. The van der Waals surface area contributed by atoms with Crippen molar-refractivity contribution >= 4 is 11.9 Å². The van der Waals surface area contributed by atoms with Crippen molar-refractivity contribution in [2.24, 2.45) is 0 Å². The zero-order chi connectivity index (χ0) is 19.4. The molecule has 142 valence electrons. The highest BCUT2D eigenvalue weighted by atomic mass is 19.3. The highest BCUT2D eigenvalue weighted by molar-refractivity contribution is 5.95. The molecule has 2 aromatic rings. The summed E-state index contributed by atoms with van der Waals surface area (Å²) in [7, 11) is 0. The third-order valence-electron chi connectivity index (χ3n) is 4.95. The molecule has 0 spiro atoms. The molecule has 0 unspecified atom stereocenters. The molecular weight excluding hydrogens is 356 g/mol. The van der Waals surface area contributed by atoms with Crippen molar-refractivity contribution in [1.82, 2.24) is 4.90 Å². The fourth-order valence-corrected chi connectivity index (χ4v) is 3.46. The molecule has 27 heavy (non-hydrogen) atoms. The van der Waals surface area contributed by atoms with Crippen LogP contribution in [-0.2, 0) is 10.2 Å². The van der Waals surface area contributed by atoms with Gasteiger partial charge in [-0.1, -0.05) is 36.4 Å². The van der Waals surface area contributed by atoms with Crippen molar-refractivity contribution in [2.45, 2.75) is 24.9 Å². The standard InChI is InChI=1S/C20H19F2NO4/c21-19(22)27-16-8-4-5-14(13-16)17(24)23-11-9-20(10-12-23,18(25)26)15-6-2-1-3-7-15/h1-8,13,19H,9-12H2,(H,25,26). The van der Waals surface area contributed by atoms with Crippen molar-refractivity contribution < 1.29 is 28.2 Å². The molecule has 3 rings (SSSR count). The summed E-state index contributed by atoms with van der Waals surface area (Å²) in [5.74, 6) is -1.33. The van der Waals surface area contributed by atoms with Crippen LogP contribution in [0.5, 0.6) is 5.75 Å². The molecule has 0 bridgehead atoms. The molecular formula is C20H19F2NO4. The largest absolute Gasteiger partial charge is 0.481 e. The Labute approximate surface area is 155 Å². The maximum Gasteiger partial charge on any atom is 0.387 e. The Morgan fingerprint density at radius 1 is 1.04 bits per heavy atom. The molecule has 1 aliphatic heterocycles. The first-order valence-corrected chi connectivity index (χ1v) is 8.55. The van der Waals surface area contributed by atoms with Gasteiger partial charge in [0.25, 0.3) is 5.91 Å². The Morgan fingerprint density at radius 3 is 2.30 bits per heavy atom. The molecule has 1 saturated heterocycles. The summed E-state index contributed by atoms with van der Waals surface area (Å²) in [6.45, 7) is -2.44. The molecule has 1 fully saturated rings. The third kappa shape index (κ3) is 3.92. The van der Waals surface area contributed by atoms with Crippen LogP contribution in [0.15, 0.2) is 54.6 Å². The van der Waals surface area contributed by atoms with Crippen molar-refractivity contribution in [3.63, 3.8) is 0 Å². The van der Waals surface area contributed by atoms with E-state index in [0.717, 1.165) is 5.56 Å². The summed E-state index contributed by atoms with van der Waals surface area (Å²) < 4.78 is 29.0. The van der Waals surface area contributed by atoms with Gasteiger partial charge in [-0.25, -0.2) is 0 Å². The minimum absolute atomic E-state index is 0.0861. The summed E-state index contributed by atoms with van der Waals surface area (Å²) >= 11 is 0. The van der Waals surface area contributed by atoms with E-state index in [4.69, 9.17) is 0 Å². The normalized spacial score (nSPS) is 16.2. The summed E-state index contributed by atoms with van der Waals surface area (Å²) in [6, 6.07) is 14.6. The van der Waals surface area contributed by atoms with Crippen LogP contribution in [0, 0.1) is 0 Å². The Hall–Kier alpha value is -2.96. The first kappa shape index (κ1) is 18.8. The van der Waals surface area contributed by atoms with Gasteiger partial charge < -0.3 is 14.7 Å². The molecule has 5 nitrogen and oxygen atoms in total. The second-order valence-electron chi connectivity index (χ2n) is 6.45. The number of carboxylic acids is 1. The van der Waals surface area contributed by atoms with Gasteiger partial charge in [0.2, 0.25) is 0 Å². The van der Waals surface area contributed by atoms with Gasteiger partial charge in [-0.05, 0) is 36.6 Å². The molecule has 7 heteroatoms. The number of likely N-dealkylation sites (tertiary alicyclic amines) is 1.